The first kappa shape index (κ1) is 12.7. The van der Waals surface area contributed by atoms with E-state index in [0.29, 0.717) is 6.61 Å². The lowest BCUT2D eigenvalue weighted by Gasteiger charge is -1.93. The van der Waals surface area contributed by atoms with Crippen molar-refractivity contribution in [1.82, 2.24) is 0 Å². The second-order valence-corrected chi connectivity index (χ2v) is 1.92. The number of carbonyl (C=O) groups excluding carboxylic acids is 1. The molecule has 0 aromatic carbocycles. The van der Waals surface area contributed by atoms with Crippen LogP contribution in [0.2, 0.25) is 0 Å². The summed E-state index contributed by atoms with van der Waals surface area (Å²) in [5.41, 5.74) is 4.88. The van der Waals surface area contributed by atoms with Gasteiger partial charge in [-0.15, -0.1) is 23.2 Å². The molecular formula is C5H11Cl2NO2. The van der Waals surface area contributed by atoms with Gasteiger partial charge in [-0.3, -0.25) is 4.79 Å². The van der Waals surface area contributed by atoms with Gasteiger partial charge in [0.1, 0.15) is 0 Å². The van der Waals surface area contributed by atoms with Crippen molar-refractivity contribution in [3.8, 4) is 0 Å². The zero-order chi connectivity index (χ0) is 8.41. The molecular weight excluding hydrogens is 177 g/mol. The molecule has 0 bridgehead atoms. The molecule has 0 heterocycles. The first-order valence-electron chi connectivity index (χ1n) is 2.70. The number of halogens is 2. The number of esters is 1. The van der Waals surface area contributed by atoms with Gasteiger partial charge < -0.3 is 10.5 Å². The topological polar surface area (TPSA) is 52.3 Å². The largest absolute Gasteiger partial charge is 0.465 e. The fourth-order valence-electron chi connectivity index (χ4n) is 0.220. The summed E-state index contributed by atoms with van der Waals surface area (Å²) in [6.45, 7) is 2.14. The van der Waals surface area contributed by atoms with Gasteiger partial charge in [0.25, 0.3) is 0 Å². The van der Waals surface area contributed by atoms with E-state index >= 15 is 0 Å². The van der Waals surface area contributed by atoms with Crippen LogP contribution >= 0.6 is 23.2 Å². The summed E-state index contributed by atoms with van der Waals surface area (Å²) in [5.74, 6) is -0.345. The molecule has 0 radical (unpaired) electrons. The Hall–Kier alpha value is 0.01000. The van der Waals surface area contributed by atoms with Gasteiger partial charge in [-0.2, -0.15) is 0 Å². The van der Waals surface area contributed by atoms with Crippen LogP contribution < -0.4 is 5.73 Å². The summed E-state index contributed by atoms with van der Waals surface area (Å²) >= 11 is 9.53. The SMILES string of the molecule is CCOC(=O)CN.ClCCl. The number of nitrogens with two attached hydrogens (primary N) is 1. The maximum absolute atomic E-state index is 10.1. The predicted octanol–water partition coefficient (Wildman–Crippen LogP) is 0.930. The Bertz CT molecular complexity index is 80.0. The summed E-state index contributed by atoms with van der Waals surface area (Å²) in [6.07, 6.45) is 0. The highest BCUT2D eigenvalue weighted by atomic mass is 35.5. The third-order valence-corrected chi connectivity index (χ3v) is 0.472. The monoisotopic (exact) mass is 187 g/mol. The minimum atomic E-state index is -0.345. The van der Waals surface area contributed by atoms with Crippen molar-refractivity contribution in [3.05, 3.63) is 0 Å². The number of ether oxygens (including phenoxy) is 1. The van der Waals surface area contributed by atoms with Crippen LogP contribution in [0.3, 0.4) is 0 Å². The fraction of sp³-hybridized carbons (Fsp3) is 0.800. The molecule has 0 aliphatic rings. The number of carbonyl (C=O) groups is 1. The minimum Gasteiger partial charge on any atom is -0.465 e. The molecule has 3 nitrogen and oxygen atoms in total. The van der Waals surface area contributed by atoms with E-state index in [-0.39, 0.29) is 17.9 Å². The van der Waals surface area contributed by atoms with E-state index in [1.807, 2.05) is 0 Å². The van der Waals surface area contributed by atoms with E-state index in [1.54, 1.807) is 6.92 Å². The van der Waals surface area contributed by atoms with E-state index in [9.17, 15) is 4.79 Å². The van der Waals surface area contributed by atoms with Crippen LogP contribution in [0.5, 0.6) is 0 Å². The van der Waals surface area contributed by atoms with E-state index in [1.165, 1.54) is 0 Å². The summed E-state index contributed by atoms with van der Waals surface area (Å²) in [7, 11) is 0. The van der Waals surface area contributed by atoms with E-state index in [0.717, 1.165) is 0 Å². The molecule has 0 aliphatic heterocycles. The van der Waals surface area contributed by atoms with Gasteiger partial charge in [0.05, 0.1) is 18.5 Å². The molecule has 0 aromatic heterocycles. The normalized spacial score (nSPS) is 7.60. The Kier molecular flexibility index (Phi) is 14.9. The van der Waals surface area contributed by atoms with E-state index in [2.05, 4.69) is 4.74 Å². The lowest BCUT2D eigenvalue weighted by atomic mass is 10.7. The molecule has 0 rings (SSSR count). The van der Waals surface area contributed by atoms with Crippen LogP contribution in [-0.4, -0.2) is 24.5 Å². The van der Waals surface area contributed by atoms with Crippen LogP contribution in [-0.2, 0) is 9.53 Å². The number of rotatable bonds is 2. The summed E-state index contributed by atoms with van der Waals surface area (Å²) in [4.78, 5) is 10.1. The standard InChI is InChI=1S/C4H9NO2.CH2Cl2/c1-2-7-4(6)3-5;2-1-3/h2-3,5H2,1H3;1H2. The van der Waals surface area contributed by atoms with Crippen molar-refractivity contribution in [3.63, 3.8) is 0 Å². The first-order valence-corrected chi connectivity index (χ1v) is 3.77. The summed E-state index contributed by atoms with van der Waals surface area (Å²) in [5, 5.41) is 0.194. The average Bonchev–Trinajstić information content (AvgIpc) is 1.90. The molecule has 0 spiro atoms. The van der Waals surface area contributed by atoms with E-state index < -0.39 is 0 Å². The summed E-state index contributed by atoms with van der Waals surface area (Å²) in [6, 6.07) is 0. The van der Waals surface area contributed by atoms with Gasteiger partial charge in [-0.1, -0.05) is 0 Å². The van der Waals surface area contributed by atoms with Gasteiger partial charge in [0.15, 0.2) is 0 Å². The number of alkyl halides is 2. The second kappa shape index (κ2) is 11.8. The van der Waals surface area contributed by atoms with Gasteiger partial charge in [-0.25, -0.2) is 0 Å². The molecule has 0 atom stereocenters. The van der Waals surface area contributed by atoms with Crippen LogP contribution in [0.4, 0.5) is 0 Å². The van der Waals surface area contributed by atoms with Gasteiger partial charge in [0.2, 0.25) is 0 Å². The smallest absolute Gasteiger partial charge is 0.319 e. The van der Waals surface area contributed by atoms with Crippen molar-refractivity contribution in [2.75, 3.05) is 18.5 Å². The van der Waals surface area contributed by atoms with Crippen molar-refractivity contribution in [2.24, 2.45) is 5.73 Å². The molecule has 0 saturated heterocycles. The van der Waals surface area contributed by atoms with Crippen molar-refractivity contribution >= 4 is 29.2 Å². The van der Waals surface area contributed by atoms with Crippen LogP contribution in [0.1, 0.15) is 6.92 Å². The molecule has 62 valence electrons. The maximum atomic E-state index is 10.1. The molecule has 0 saturated carbocycles. The highest BCUT2D eigenvalue weighted by Crippen LogP contribution is 1.73. The molecule has 0 amide bonds. The molecule has 10 heavy (non-hydrogen) atoms. The molecule has 0 aliphatic carbocycles. The number of hydrogen-bond acceptors (Lipinski definition) is 3. The number of hydrogen-bond donors (Lipinski definition) is 1. The van der Waals surface area contributed by atoms with Crippen LogP contribution in [0.25, 0.3) is 0 Å². The van der Waals surface area contributed by atoms with E-state index in [4.69, 9.17) is 28.9 Å². The highest BCUT2D eigenvalue weighted by Gasteiger charge is 1.91. The Morgan fingerprint density at radius 2 is 2.00 bits per heavy atom. The Morgan fingerprint density at radius 1 is 1.60 bits per heavy atom. The van der Waals surface area contributed by atoms with Gasteiger partial charge >= 0.3 is 5.97 Å². The van der Waals surface area contributed by atoms with Crippen LogP contribution in [0.15, 0.2) is 0 Å². The quantitative estimate of drug-likeness (QED) is 0.518. The highest BCUT2D eigenvalue weighted by molar-refractivity contribution is 6.40. The molecule has 5 heteroatoms. The molecule has 0 unspecified atom stereocenters. The van der Waals surface area contributed by atoms with Crippen molar-refractivity contribution < 1.29 is 9.53 Å². The predicted molar refractivity (Wildman–Crippen MR) is 42.3 cm³/mol. The third-order valence-electron chi connectivity index (χ3n) is 0.472. The zero-order valence-corrected chi connectivity index (χ0v) is 7.28. The van der Waals surface area contributed by atoms with Crippen molar-refractivity contribution in [1.29, 1.82) is 0 Å². The second-order valence-electron chi connectivity index (χ2n) is 1.11. The summed E-state index contributed by atoms with van der Waals surface area (Å²) < 4.78 is 4.43. The lowest BCUT2D eigenvalue weighted by molar-refractivity contribution is -0.141. The minimum absolute atomic E-state index is 0.0200. The van der Waals surface area contributed by atoms with Crippen LogP contribution in [0, 0.1) is 0 Å². The van der Waals surface area contributed by atoms with Gasteiger partial charge in [-0.05, 0) is 6.92 Å². The average molecular weight is 188 g/mol. The molecule has 0 fully saturated rings. The van der Waals surface area contributed by atoms with Gasteiger partial charge in [0, 0.05) is 0 Å². The Balaban J connectivity index is 0. The van der Waals surface area contributed by atoms with Crippen molar-refractivity contribution in [2.45, 2.75) is 6.92 Å². The third kappa shape index (κ3) is 15.7. The molecule has 0 aromatic rings. The fourth-order valence-corrected chi connectivity index (χ4v) is 0.220. The lowest BCUT2D eigenvalue weighted by Crippen LogP contribution is -2.16. The Morgan fingerprint density at radius 3 is 2.10 bits per heavy atom. The zero-order valence-electron chi connectivity index (χ0n) is 5.77. The maximum Gasteiger partial charge on any atom is 0.319 e. The first-order chi connectivity index (χ1) is 4.72. The molecule has 2 N–H and O–H groups in total. The Labute approximate surface area is 70.4 Å².